The van der Waals surface area contributed by atoms with Crippen LogP contribution in [0.4, 0.5) is 8.78 Å². The van der Waals surface area contributed by atoms with Crippen LogP contribution in [0.2, 0.25) is 0 Å². The maximum atomic E-state index is 13.4. The van der Waals surface area contributed by atoms with Crippen molar-refractivity contribution in [2.45, 2.75) is 56.6 Å². The van der Waals surface area contributed by atoms with Crippen LogP contribution in [-0.4, -0.2) is 49.7 Å². The van der Waals surface area contributed by atoms with Gasteiger partial charge in [-0.1, -0.05) is 0 Å². The zero-order chi connectivity index (χ0) is 13.9. The van der Waals surface area contributed by atoms with Crippen molar-refractivity contribution in [2.24, 2.45) is 11.7 Å². The molecule has 0 spiro atoms. The fourth-order valence-electron chi connectivity index (χ4n) is 3.53. The van der Waals surface area contributed by atoms with Crippen LogP contribution in [0.1, 0.15) is 38.5 Å². The van der Waals surface area contributed by atoms with E-state index >= 15 is 0 Å². The lowest BCUT2D eigenvalue weighted by Gasteiger charge is -2.41. The molecule has 0 radical (unpaired) electrons. The second kappa shape index (κ2) is 6.46. The van der Waals surface area contributed by atoms with Crippen molar-refractivity contribution >= 4 is 0 Å². The van der Waals surface area contributed by atoms with Crippen molar-refractivity contribution in [3.63, 3.8) is 0 Å². The summed E-state index contributed by atoms with van der Waals surface area (Å²) in [6.07, 6.45) is 3.88. The van der Waals surface area contributed by atoms with Gasteiger partial charge in [-0.15, -0.1) is 0 Å². The number of likely N-dealkylation sites (tertiary alicyclic amines) is 1. The van der Waals surface area contributed by atoms with Gasteiger partial charge in [-0.2, -0.15) is 0 Å². The number of halogens is 2. The van der Waals surface area contributed by atoms with Gasteiger partial charge in [0.05, 0.1) is 6.10 Å². The summed E-state index contributed by atoms with van der Waals surface area (Å²) in [4.78, 5) is 2.31. The van der Waals surface area contributed by atoms with Gasteiger partial charge in [0.2, 0.25) is 5.92 Å². The lowest BCUT2D eigenvalue weighted by Crippen LogP contribution is -2.50. The zero-order valence-electron chi connectivity index (χ0n) is 11.8. The molecule has 2 rings (SSSR count). The highest BCUT2D eigenvalue weighted by molar-refractivity contribution is 4.87. The second-order valence-corrected chi connectivity index (χ2v) is 6.08. The number of nitrogens with two attached hydrogens (primary N) is 1. The van der Waals surface area contributed by atoms with E-state index in [1.807, 2.05) is 0 Å². The SMILES string of the molecule is COC1CCN(CC2CCCC(F)(F)C2)C(CN)C1. The van der Waals surface area contributed by atoms with Gasteiger partial charge >= 0.3 is 0 Å². The van der Waals surface area contributed by atoms with E-state index in [9.17, 15) is 8.78 Å². The Hall–Kier alpha value is -0.260. The average molecular weight is 276 g/mol. The minimum absolute atomic E-state index is 0.0501. The van der Waals surface area contributed by atoms with Gasteiger partial charge in [-0.05, 0) is 31.6 Å². The van der Waals surface area contributed by atoms with E-state index in [2.05, 4.69) is 4.90 Å². The molecule has 112 valence electrons. The average Bonchev–Trinajstić information content (AvgIpc) is 2.38. The van der Waals surface area contributed by atoms with Gasteiger partial charge in [-0.3, -0.25) is 4.90 Å². The Morgan fingerprint density at radius 1 is 1.37 bits per heavy atom. The van der Waals surface area contributed by atoms with Crippen molar-refractivity contribution < 1.29 is 13.5 Å². The molecule has 1 heterocycles. The normalized spacial score (nSPS) is 36.3. The molecular formula is C14H26F2N2O. The molecule has 1 aliphatic carbocycles. The van der Waals surface area contributed by atoms with E-state index in [-0.39, 0.29) is 30.9 Å². The molecule has 0 bridgehead atoms. The third-order valence-electron chi connectivity index (χ3n) is 4.63. The quantitative estimate of drug-likeness (QED) is 0.856. The van der Waals surface area contributed by atoms with Gasteiger partial charge in [0.1, 0.15) is 0 Å². The number of hydrogen-bond acceptors (Lipinski definition) is 3. The molecule has 1 saturated heterocycles. The molecule has 0 amide bonds. The maximum absolute atomic E-state index is 13.4. The molecule has 2 aliphatic rings. The van der Waals surface area contributed by atoms with Crippen LogP contribution in [0.15, 0.2) is 0 Å². The number of nitrogens with zero attached hydrogens (tertiary/aromatic N) is 1. The number of piperidine rings is 1. The number of methoxy groups -OCH3 is 1. The maximum Gasteiger partial charge on any atom is 0.248 e. The van der Waals surface area contributed by atoms with E-state index in [0.29, 0.717) is 13.0 Å². The largest absolute Gasteiger partial charge is 0.381 e. The smallest absolute Gasteiger partial charge is 0.248 e. The van der Waals surface area contributed by atoms with Crippen LogP contribution in [-0.2, 0) is 4.74 Å². The molecule has 19 heavy (non-hydrogen) atoms. The summed E-state index contributed by atoms with van der Waals surface area (Å²) in [6, 6.07) is 0.286. The summed E-state index contributed by atoms with van der Waals surface area (Å²) in [5.41, 5.74) is 5.82. The van der Waals surface area contributed by atoms with Crippen molar-refractivity contribution in [1.82, 2.24) is 4.90 Å². The first-order chi connectivity index (χ1) is 9.04. The standard InChI is InChI=1S/C14H26F2N2O/c1-19-13-4-6-18(12(7-13)9-17)10-11-3-2-5-14(15,16)8-11/h11-13H,2-10,17H2,1H3. The second-order valence-electron chi connectivity index (χ2n) is 6.08. The molecule has 0 aromatic heterocycles. The first-order valence-corrected chi connectivity index (χ1v) is 7.39. The van der Waals surface area contributed by atoms with Crippen LogP contribution < -0.4 is 5.73 Å². The summed E-state index contributed by atoms with van der Waals surface area (Å²) in [5, 5.41) is 0. The van der Waals surface area contributed by atoms with Gasteiger partial charge in [0.15, 0.2) is 0 Å². The number of ether oxygens (including phenoxy) is 1. The predicted octanol–water partition coefficient (Wildman–Crippen LogP) is 2.25. The molecule has 2 N–H and O–H groups in total. The molecule has 3 nitrogen and oxygen atoms in total. The Morgan fingerprint density at radius 2 is 2.16 bits per heavy atom. The molecule has 3 atom stereocenters. The summed E-state index contributed by atoms with van der Waals surface area (Å²) in [6.45, 7) is 2.28. The van der Waals surface area contributed by atoms with E-state index < -0.39 is 5.92 Å². The predicted molar refractivity (Wildman–Crippen MR) is 71.4 cm³/mol. The lowest BCUT2D eigenvalue weighted by molar-refractivity contribution is -0.0636. The minimum atomic E-state index is -2.45. The topological polar surface area (TPSA) is 38.5 Å². The van der Waals surface area contributed by atoms with E-state index in [0.717, 1.165) is 32.4 Å². The number of hydrogen-bond donors (Lipinski definition) is 1. The number of rotatable bonds is 4. The van der Waals surface area contributed by atoms with Crippen LogP contribution >= 0.6 is 0 Å². The van der Waals surface area contributed by atoms with Crippen molar-refractivity contribution in [2.75, 3.05) is 26.7 Å². The van der Waals surface area contributed by atoms with Crippen LogP contribution in [0.3, 0.4) is 0 Å². The Balaban J connectivity index is 1.87. The van der Waals surface area contributed by atoms with Crippen molar-refractivity contribution in [3.8, 4) is 0 Å². The van der Waals surface area contributed by atoms with Gasteiger partial charge < -0.3 is 10.5 Å². The molecular weight excluding hydrogens is 250 g/mol. The first kappa shape index (κ1) is 15.1. The highest BCUT2D eigenvalue weighted by Gasteiger charge is 2.38. The Kier molecular flexibility index (Phi) is 5.15. The molecule has 2 fully saturated rings. The Morgan fingerprint density at radius 3 is 2.79 bits per heavy atom. The minimum Gasteiger partial charge on any atom is -0.381 e. The summed E-state index contributed by atoms with van der Waals surface area (Å²) >= 11 is 0. The molecule has 3 unspecified atom stereocenters. The zero-order valence-corrected chi connectivity index (χ0v) is 11.8. The monoisotopic (exact) mass is 276 g/mol. The third-order valence-corrected chi connectivity index (χ3v) is 4.63. The molecule has 5 heteroatoms. The number of alkyl halides is 2. The summed E-state index contributed by atoms with van der Waals surface area (Å²) in [7, 11) is 1.73. The fourth-order valence-corrected chi connectivity index (χ4v) is 3.53. The first-order valence-electron chi connectivity index (χ1n) is 7.39. The van der Waals surface area contributed by atoms with Crippen LogP contribution in [0.5, 0.6) is 0 Å². The molecule has 1 saturated carbocycles. The van der Waals surface area contributed by atoms with E-state index in [4.69, 9.17) is 10.5 Å². The van der Waals surface area contributed by atoms with Crippen molar-refractivity contribution in [1.29, 1.82) is 0 Å². The summed E-state index contributed by atoms with van der Waals surface area (Å²) < 4.78 is 32.3. The molecule has 1 aliphatic heterocycles. The third kappa shape index (κ3) is 4.10. The molecule has 0 aromatic carbocycles. The van der Waals surface area contributed by atoms with Gasteiger partial charge in [0.25, 0.3) is 0 Å². The highest BCUT2D eigenvalue weighted by Crippen LogP contribution is 2.37. The highest BCUT2D eigenvalue weighted by atomic mass is 19.3. The Labute approximate surface area is 114 Å². The van der Waals surface area contributed by atoms with Crippen LogP contribution in [0, 0.1) is 5.92 Å². The summed E-state index contributed by atoms with van der Waals surface area (Å²) in [5.74, 6) is -2.33. The van der Waals surface area contributed by atoms with E-state index in [1.54, 1.807) is 7.11 Å². The molecule has 0 aromatic rings. The van der Waals surface area contributed by atoms with E-state index in [1.165, 1.54) is 0 Å². The lowest BCUT2D eigenvalue weighted by atomic mass is 9.85. The van der Waals surface area contributed by atoms with Crippen molar-refractivity contribution in [3.05, 3.63) is 0 Å². The fraction of sp³-hybridized carbons (Fsp3) is 1.00. The Bertz CT molecular complexity index is 289. The van der Waals surface area contributed by atoms with Crippen LogP contribution in [0.25, 0.3) is 0 Å². The van der Waals surface area contributed by atoms with Gasteiger partial charge in [0, 0.05) is 45.6 Å². The van der Waals surface area contributed by atoms with Gasteiger partial charge in [-0.25, -0.2) is 8.78 Å².